The van der Waals surface area contributed by atoms with Gasteiger partial charge in [0.1, 0.15) is 5.75 Å². The second-order valence-electron chi connectivity index (χ2n) is 6.51. The summed E-state index contributed by atoms with van der Waals surface area (Å²) in [6.07, 6.45) is 0.176. The van der Waals surface area contributed by atoms with Crippen LogP contribution in [0.4, 0.5) is 5.69 Å². The van der Waals surface area contributed by atoms with Gasteiger partial charge in [0.2, 0.25) is 11.8 Å². The van der Waals surface area contributed by atoms with E-state index in [0.717, 1.165) is 23.1 Å². The second kappa shape index (κ2) is 10.2. The van der Waals surface area contributed by atoms with Gasteiger partial charge in [-0.3, -0.25) is 9.59 Å². The molecule has 2 aromatic rings. The molecule has 0 aromatic heterocycles. The maximum Gasteiger partial charge on any atom is 0.234 e. The fourth-order valence-corrected chi connectivity index (χ4v) is 4.15. The summed E-state index contributed by atoms with van der Waals surface area (Å²) >= 11 is 7.06. The van der Waals surface area contributed by atoms with Crippen LogP contribution < -0.4 is 15.4 Å². The number of hydrogen-bond donors (Lipinski definition) is 2. The fraction of sp³-hybridized carbons (Fsp3) is 0.227. The van der Waals surface area contributed by atoms with Crippen molar-refractivity contribution in [3.05, 3.63) is 69.7 Å². The molecule has 1 atom stereocenters. The van der Waals surface area contributed by atoms with Crippen LogP contribution in [0.15, 0.2) is 59.1 Å². The molecule has 30 heavy (non-hydrogen) atoms. The third-order valence-electron chi connectivity index (χ3n) is 4.41. The molecular formula is C22H20ClN3O3S. The molecule has 0 fully saturated rings. The summed E-state index contributed by atoms with van der Waals surface area (Å²) in [4.78, 5) is 24.5. The standard InChI is InChI=1S/C22H20ClN3O3S/c1-2-29-17-8-6-14(7-9-17)18-11-20(27)26-22(19(18)12-24)30-13-21(28)25-16-5-3-4-15(23)10-16/h3-10,18H,2,11,13H2,1H3,(H,25,28)(H,26,27)/t18-/m1/s1. The average molecular weight is 442 g/mol. The molecular weight excluding hydrogens is 422 g/mol. The third-order valence-corrected chi connectivity index (χ3v) is 5.66. The second-order valence-corrected chi connectivity index (χ2v) is 7.93. The molecule has 1 aliphatic rings. The zero-order chi connectivity index (χ0) is 21.5. The molecule has 2 N–H and O–H groups in total. The number of nitrogens with zero attached hydrogens (tertiary/aromatic N) is 1. The molecule has 2 amide bonds. The van der Waals surface area contributed by atoms with Crippen LogP contribution in [-0.2, 0) is 9.59 Å². The molecule has 0 saturated heterocycles. The first-order chi connectivity index (χ1) is 14.5. The highest BCUT2D eigenvalue weighted by Gasteiger charge is 2.29. The molecule has 3 rings (SSSR count). The zero-order valence-corrected chi connectivity index (χ0v) is 17.8. The van der Waals surface area contributed by atoms with Gasteiger partial charge in [0.25, 0.3) is 0 Å². The van der Waals surface area contributed by atoms with Gasteiger partial charge in [-0.25, -0.2) is 0 Å². The summed E-state index contributed by atoms with van der Waals surface area (Å²) in [7, 11) is 0. The van der Waals surface area contributed by atoms with Gasteiger partial charge >= 0.3 is 0 Å². The number of halogens is 1. The van der Waals surface area contributed by atoms with Crippen LogP contribution in [-0.4, -0.2) is 24.2 Å². The maximum absolute atomic E-state index is 12.3. The number of rotatable bonds is 7. The van der Waals surface area contributed by atoms with Crippen molar-refractivity contribution in [3.8, 4) is 11.8 Å². The van der Waals surface area contributed by atoms with Gasteiger partial charge in [-0.15, -0.1) is 0 Å². The number of thioether (sulfide) groups is 1. The van der Waals surface area contributed by atoms with Crippen LogP contribution in [0.3, 0.4) is 0 Å². The zero-order valence-electron chi connectivity index (χ0n) is 16.3. The largest absolute Gasteiger partial charge is 0.494 e. The van der Waals surface area contributed by atoms with E-state index in [2.05, 4.69) is 16.7 Å². The first-order valence-corrected chi connectivity index (χ1v) is 10.7. The van der Waals surface area contributed by atoms with E-state index in [4.69, 9.17) is 16.3 Å². The van der Waals surface area contributed by atoms with Gasteiger partial charge in [-0.2, -0.15) is 5.26 Å². The van der Waals surface area contributed by atoms with Crippen molar-refractivity contribution in [2.45, 2.75) is 19.3 Å². The maximum atomic E-state index is 12.3. The Bertz CT molecular complexity index is 1020. The number of benzene rings is 2. The lowest BCUT2D eigenvalue weighted by Crippen LogP contribution is -2.31. The highest BCUT2D eigenvalue weighted by Crippen LogP contribution is 2.36. The molecule has 0 spiro atoms. The minimum Gasteiger partial charge on any atom is -0.494 e. The molecule has 1 heterocycles. The Morgan fingerprint density at radius 3 is 2.77 bits per heavy atom. The van der Waals surface area contributed by atoms with Crippen molar-refractivity contribution in [3.63, 3.8) is 0 Å². The van der Waals surface area contributed by atoms with E-state index in [1.165, 1.54) is 0 Å². The smallest absolute Gasteiger partial charge is 0.234 e. The van der Waals surface area contributed by atoms with E-state index in [1.807, 2.05) is 31.2 Å². The summed E-state index contributed by atoms with van der Waals surface area (Å²) in [5, 5.41) is 16.2. The Morgan fingerprint density at radius 1 is 1.33 bits per heavy atom. The number of amides is 2. The summed E-state index contributed by atoms with van der Waals surface area (Å²) in [5.74, 6) is -0.0344. The highest BCUT2D eigenvalue weighted by molar-refractivity contribution is 8.03. The van der Waals surface area contributed by atoms with E-state index >= 15 is 0 Å². The van der Waals surface area contributed by atoms with E-state index in [9.17, 15) is 14.9 Å². The Balaban J connectivity index is 1.73. The molecule has 2 aromatic carbocycles. The van der Waals surface area contributed by atoms with Gasteiger partial charge < -0.3 is 15.4 Å². The number of nitriles is 1. The molecule has 1 aliphatic heterocycles. The molecule has 8 heteroatoms. The normalized spacial score (nSPS) is 15.9. The van der Waals surface area contributed by atoms with E-state index in [1.54, 1.807) is 24.3 Å². The first-order valence-electron chi connectivity index (χ1n) is 9.35. The predicted molar refractivity (Wildman–Crippen MR) is 118 cm³/mol. The lowest BCUT2D eigenvalue weighted by atomic mass is 9.87. The highest BCUT2D eigenvalue weighted by atomic mass is 35.5. The van der Waals surface area contributed by atoms with Crippen molar-refractivity contribution in [1.82, 2.24) is 5.32 Å². The van der Waals surface area contributed by atoms with Crippen LogP contribution in [0.25, 0.3) is 0 Å². The molecule has 154 valence electrons. The fourth-order valence-electron chi connectivity index (χ4n) is 3.08. The number of ether oxygens (including phenoxy) is 1. The summed E-state index contributed by atoms with van der Waals surface area (Å²) in [6.45, 7) is 2.47. The van der Waals surface area contributed by atoms with Crippen LogP contribution in [0, 0.1) is 11.3 Å². The lowest BCUT2D eigenvalue weighted by Gasteiger charge is -2.25. The van der Waals surface area contributed by atoms with Gasteiger partial charge in [0.05, 0.1) is 29.0 Å². The van der Waals surface area contributed by atoms with E-state index < -0.39 is 0 Å². The molecule has 0 radical (unpaired) electrons. The Labute approximate surface area is 184 Å². The van der Waals surface area contributed by atoms with Gasteiger partial charge in [0.15, 0.2) is 0 Å². The molecule has 0 saturated carbocycles. The van der Waals surface area contributed by atoms with E-state index in [-0.39, 0.29) is 29.9 Å². The lowest BCUT2D eigenvalue weighted by molar-refractivity contribution is -0.121. The Kier molecular flexibility index (Phi) is 7.39. The molecule has 0 aliphatic carbocycles. The number of carbonyl (C=O) groups is 2. The Hall–Kier alpha value is -2.95. The average Bonchev–Trinajstić information content (AvgIpc) is 2.72. The number of allylic oxidation sites excluding steroid dienone is 1. The summed E-state index contributed by atoms with van der Waals surface area (Å²) < 4.78 is 5.45. The molecule has 6 nitrogen and oxygen atoms in total. The van der Waals surface area contributed by atoms with Crippen LogP contribution >= 0.6 is 23.4 Å². The SMILES string of the molecule is CCOc1ccc([C@H]2CC(=O)NC(SCC(=O)Nc3cccc(Cl)c3)=C2C#N)cc1. The van der Waals surface area contributed by atoms with Crippen molar-refractivity contribution >= 4 is 40.9 Å². The Morgan fingerprint density at radius 2 is 2.10 bits per heavy atom. The predicted octanol–water partition coefficient (Wildman–Crippen LogP) is 4.45. The van der Waals surface area contributed by atoms with Crippen molar-refractivity contribution in [2.24, 2.45) is 0 Å². The van der Waals surface area contributed by atoms with Crippen LogP contribution in [0.2, 0.25) is 5.02 Å². The monoisotopic (exact) mass is 441 g/mol. The van der Waals surface area contributed by atoms with Gasteiger partial charge in [0, 0.05) is 23.0 Å². The van der Waals surface area contributed by atoms with Gasteiger partial charge in [-0.1, -0.05) is 41.6 Å². The minimum absolute atomic E-state index is 0.0449. The third kappa shape index (κ3) is 5.56. The first kappa shape index (κ1) is 21.8. The topological polar surface area (TPSA) is 91.2 Å². The van der Waals surface area contributed by atoms with Crippen molar-refractivity contribution < 1.29 is 14.3 Å². The number of anilines is 1. The van der Waals surface area contributed by atoms with Crippen LogP contribution in [0.1, 0.15) is 24.8 Å². The van der Waals surface area contributed by atoms with Crippen molar-refractivity contribution in [1.29, 1.82) is 5.26 Å². The number of carbonyl (C=O) groups excluding carboxylic acids is 2. The van der Waals surface area contributed by atoms with Crippen LogP contribution in [0.5, 0.6) is 5.75 Å². The molecule has 0 unspecified atom stereocenters. The van der Waals surface area contributed by atoms with E-state index in [0.29, 0.717) is 27.9 Å². The van der Waals surface area contributed by atoms with Gasteiger partial charge in [-0.05, 0) is 42.8 Å². The summed E-state index contributed by atoms with van der Waals surface area (Å²) in [5.41, 5.74) is 1.88. The number of hydrogen-bond acceptors (Lipinski definition) is 5. The quantitative estimate of drug-likeness (QED) is 0.662. The summed E-state index contributed by atoms with van der Waals surface area (Å²) in [6, 6.07) is 16.4. The minimum atomic E-state index is -0.363. The molecule has 0 bridgehead atoms. The van der Waals surface area contributed by atoms with Crippen molar-refractivity contribution in [2.75, 3.05) is 17.7 Å². The number of nitrogens with one attached hydrogen (secondary N) is 2.